The van der Waals surface area contributed by atoms with E-state index in [1.165, 1.54) is 0 Å². The summed E-state index contributed by atoms with van der Waals surface area (Å²) in [6, 6.07) is 19.7. The second kappa shape index (κ2) is 13.7. The Bertz CT molecular complexity index is 1280. The first kappa shape index (κ1) is 30.3. The van der Waals surface area contributed by atoms with Crippen LogP contribution in [-0.4, -0.2) is 42.5 Å². The summed E-state index contributed by atoms with van der Waals surface area (Å²) >= 11 is 12.6. The van der Waals surface area contributed by atoms with Crippen molar-refractivity contribution in [3.8, 4) is 11.5 Å². The van der Waals surface area contributed by atoms with Crippen molar-refractivity contribution in [1.29, 1.82) is 0 Å². The van der Waals surface area contributed by atoms with Crippen LogP contribution < -0.4 is 14.8 Å². The van der Waals surface area contributed by atoms with Gasteiger partial charge in [0.2, 0.25) is 11.8 Å². The standard InChI is InChI=1S/C31H36Cl2N2O4/c1-31(2,3)34-30(37)26(17-21-9-7-6-8-10-21)35(20-23-13-14-24(32)19-25(23)33)29(36)16-12-22-11-15-27(38-4)28(18-22)39-5/h6-11,13-15,18-19,26H,12,16-17,20H2,1-5H3,(H,34,37)/t26-/m0/s1. The summed E-state index contributed by atoms with van der Waals surface area (Å²) in [5.41, 5.74) is 2.11. The molecule has 0 fully saturated rings. The smallest absolute Gasteiger partial charge is 0.243 e. The molecule has 0 aliphatic heterocycles. The lowest BCUT2D eigenvalue weighted by Crippen LogP contribution is -2.54. The number of benzene rings is 3. The van der Waals surface area contributed by atoms with Crippen LogP contribution >= 0.6 is 23.2 Å². The number of ether oxygens (including phenoxy) is 2. The molecule has 0 saturated carbocycles. The van der Waals surface area contributed by atoms with Gasteiger partial charge in [0, 0.05) is 35.0 Å². The molecular formula is C31H36Cl2N2O4. The Morgan fingerprint density at radius 1 is 0.897 bits per heavy atom. The fourth-order valence-electron chi connectivity index (χ4n) is 4.27. The van der Waals surface area contributed by atoms with Crippen molar-refractivity contribution in [2.45, 2.75) is 58.2 Å². The third kappa shape index (κ3) is 8.91. The first-order valence-corrected chi connectivity index (χ1v) is 13.6. The van der Waals surface area contributed by atoms with Gasteiger partial charge in [0.1, 0.15) is 6.04 Å². The number of nitrogens with one attached hydrogen (secondary N) is 1. The minimum Gasteiger partial charge on any atom is -0.493 e. The maximum absolute atomic E-state index is 13.9. The minimum atomic E-state index is -0.753. The number of halogens is 2. The fourth-order valence-corrected chi connectivity index (χ4v) is 4.74. The van der Waals surface area contributed by atoms with Crippen LogP contribution in [0.2, 0.25) is 10.0 Å². The van der Waals surface area contributed by atoms with Crippen LogP contribution in [0.15, 0.2) is 66.7 Å². The molecule has 0 heterocycles. The van der Waals surface area contributed by atoms with E-state index in [0.717, 1.165) is 11.1 Å². The summed E-state index contributed by atoms with van der Waals surface area (Å²) in [5, 5.41) is 4.01. The molecule has 3 aromatic carbocycles. The first-order valence-electron chi connectivity index (χ1n) is 12.8. The number of rotatable bonds is 11. The lowest BCUT2D eigenvalue weighted by molar-refractivity contribution is -0.141. The molecule has 1 N–H and O–H groups in total. The number of hydrogen-bond acceptors (Lipinski definition) is 4. The SMILES string of the molecule is COc1ccc(CCC(=O)N(Cc2ccc(Cl)cc2Cl)[C@@H](Cc2ccccc2)C(=O)NC(C)(C)C)cc1OC. The van der Waals surface area contributed by atoms with Crippen LogP contribution in [0.5, 0.6) is 11.5 Å². The lowest BCUT2D eigenvalue weighted by atomic mass is 9.99. The zero-order chi connectivity index (χ0) is 28.6. The van der Waals surface area contributed by atoms with Crippen LogP contribution in [-0.2, 0) is 29.0 Å². The van der Waals surface area contributed by atoms with E-state index < -0.39 is 11.6 Å². The van der Waals surface area contributed by atoms with Gasteiger partial charge in [-0.3, -0.25) is 9.59 Å². The average Bonchev–Trinajstić information content (AvgIpc) is 2.89. The van der Waals surface area contributed by atoms with Crippen LogP contribution in [0, 0.1) is 0 Å². The Labute approximate surface area is 241 Å². The minimum absolute atomic E-state index is 0.163. The summed E-state index contributed by atoms with van der Waals surface area (Å²) in [4.78, 5) is 29.2. The maximum atomic E-state index is 13.9. The molecule has 0 aliphatic carbocycles. The Kier molecular flexibility index (Phi) is 10.7. The van der Waals surface area contributed by atoms with Gasteiger partial charge in [-0.1, -0.05) is 65.7 Å². The Morgan fingerprint density at radius 2 is 1.59 bits per heavy atom. The van der Waals surface area contributed by atoms with Gasteiger partial charge < -0.3 is 19.7 Å². The van der Waals surface area contributed by atoms with Gasteiger partial charge in [0.25, 0.3) is 0 Å². The number of aryl methyl sites for hydroxylation is 1. The summed E-state index contributed by atoms with van der Waals surface area (Å²) < 4.78 is 10.7. The topological polar surface area (TPSA) is 67.9 Å². The van der Waals surface area contributed by atoms with Crippen molar-refractivity contribution in [3.05, 3.63) is 93.5 Å². The highest BCUT2D eigenvalue weighted by molar-refractivity contribution is 6.35. The predicted octanol–water partition coefficient (Wildman–Crippen LogP) is 6.50. The van der Waals surface area contributed by atoms with Crippen molar-refractivity contribution >= 4 is 35.0 Å². The molecule has 3 aromatic rings. The number of hydrogen-bond donors (Lipinski definition) is 1. The Hall–Kier alpha value is -3.22. The van der Waals surface area contributed by atoms with Crippen molar-refractivity contribution in [2.75, 3.05) is 14.2 Å². The highest BCUT2D eigenvalue weighted by Crippen LogP contribution is 2.29. The fraction of sp³-hybridized carbons (Fsp3) is 0.355. The van der Waals surface area contributed by atoms with Gasteiger partial charge in [0.15, 0.2) is 11.5 Å². The van der Waals surface area contributed by atoms with Crippen molar-refractivity contribution in [2.24, 2.45) is 0 Å². The number of methoxy groups -OCH3 is 2. The van der Waals surface area contributed by atoms with Gasteiger partial charge >= 0.3 is 0 Å². The zero-order valence-corrected chi connectivity index (χ0v) is 24.6. The predicted molar refractivity (Wildman–Crippen MR) is 157 cm³/mol. The summed E-state index contributed by atoms with van der Waals surface area (Å²) in [7, 11) is 3.16. The molecule has 6 nitrogen and oxygen atoms in total. The normalized spacial score (nSPS) is 12.0. The molecule has 8 heteroatoms. The zero-order valence-electron chi connectivity index (χ0n) is 23.1. The van der Waals surface area contributed by atoms with E-state index in [2.05, 4.69) is 5.32 Å². The summed E-state index contributed by atoms with van der Waals surface area (Å²) in [6.45, 7) is 5.92. The Morgan fingerprint density at radius 3 is 2.21 bits per heavy atom. The largest absolute Gasteiger partial charge is 0.493 e. The van der Waals surface area contributed by atoms with E-state index in [1.54, 1.807) is 37.3 Å². The molecular weight excluding hydrogens is 535 g/mol. The maximum Gasteiger partial charge on any atom is 0.243 e. The number of carbonyl (C=O) groups is 2. The molecule has 0 aromatic heterocycles. The van der Waals surface area contributed by atoms with Crippen LogP contribution in [0.4, 0.5) is 0 Å². The molecule has 208 valence electrons. The van der Waals surface area contributed by atoms with E-state index >= 15 is 0 Å². The number of carbonyl (C=O) groups excluding carboxylic acids is 2. The number of nitrogens with zero attached hydrogens (tertiary/aromatic N) is 1. The van der Waals surface area contributed by atoms with E-state index in [4.69, 9.17) is 32.7 Å². The first-order chi connectivity index (χ1) is 18.5. The third-order valence-corrected chi connectivity index (χ3v) is 6.79. The highest BCUT2D eigenvalue weighted by Gasteiger charge is 2.32. The molecule has 2 amide bonds. The van der Waals surface area contributed by atoms with Crippen LogP contribution in [0.1, 0.15) is 43.9 Å². The van der Waals surface area contributed by atoms with E-state index in [9.17, 15) is 9.59 Å². The quantitative estimate of drug-likeness (QED) is 0.286. The lowest BCUT2D eigenvalue weighted by Gasteiger charge is -2.34. The van der Waals surface area contributed by atoms with E-state index in [-0.39, 0.29) is 24.8 Å². The van der Waals surface area contributed by atoms with Crippen LogP contribution in [0.3, 0.4) is 0 Å². The Balaban J connectivity index is 1.96. The van der Waals surface area contributed by atoms with Gasteiger partial charge in [-0.25, -0.2) is 0 Å². The molecule has 3 rings (SSSR count). The van der Waals surface area contributed by atoms with Gasteiger partial charge in [-0.2, -0.15) is 0 Å². The van der Waals surface area contributed by atoms with Crippen molar-refractivity contribution in [3.63, 3.8) is 0 Å². The van der Waals surface area contributed by atoms with Crippen molar-refractivity contribution in [1.82, 2.24) is 10.2 Å². The van der Waals surface area contributed by atoms with Crippen molar-refractivity contribution < 1.29 is 19.1 Å². The molecule has 0 radical (unpaired) electrons. The highest BCUT2D eigenvalue weighted by atomic mass is 35.5. The van der Waals surface area contributed by atoms with Crippen LogP contribution in [0.25, 0.3) is 0 Å². The molecule has 0 spiro atoms. The van der Waals surface area contributed by atoms with E-state index in [1.807, 2.05) is 69.3 Å². The average molecular weight is 572 g/mol. The molecule has 0 bridgehead atoms. The third-order valence-electron chi connectivity index (χ3n) is 6.20. The van der Waals surface area contributed by atoms with Gasteiger partial charge in [-0.15, -0.1) is 0 Å². The van der Waals surface area contributed by atoms with Gasteiger partial charge in [0.05, 0.1) is 14.2 Å². The molecule has 0 saturated heterocycles. The summed E-state index contributed by atoms with van der Waals surface area (Å²) in [6.07, 6.45) is 1.01. The van der Waals surface area contributed by atoms with Gasteiger partial charge in [-0.05, 0) is 68.1 Å². The second-order valence-electron chi connectivity index (χ2n) is 10.4. The molecule has 0 aliphatic rings. The number of amides is 2. The monoisotopic (exact) mass is 570 g/mol. The second-order valence-corrected chi connectivity index (χ2v) is 11.2. The van der Waals surface area contributed by atoms with E-state index in [0.29, 0.717) is 39.9 Å². The molecule has 1 atom stereocenters. The summed E-state index contributed by atoms with van der Waals surface area (Å²) in [5.74, 6) is 0.823. The molecule has 39 heavy (non-hydrogen) atoms. The molecule has 0 unspecified atom stereocenters.